The maximum atomic E-state index is 12.0. The van der Waals surface area contributed by atoms with Crippen LogP contribution in [-0.2, 0) is 20.9 Å². The topological polar surface area (TPSA) is 77.4 Å². The molecule has 0 unspecified atom stereocenters. The molecule has 7 heteroatoms. The first kappa shape index (κ1) is 20.0. The number of ether oxygens (including phenoxy) is 2. The van der Waals surface area contributed by atoms with E-state index in [1.807, 2.05) is 38.1 Å². The molecule has 27 heavy (non-hydrogen) atoms. The van der Waals surface area contributed by atoms with Gasteiger partial charge in [0, 0.05) is 5.56 Å². The molecule has 2 aromatic rings. The Morgan fingerprint density at radius 2 is 1.56 bits per heavy atom. The second kappa shape index (κ2) is 9.38. The largest absolute Gasteiger partial charge is 0.452 e. The van der Waals surface area contributed by atoms with Crippen LogP contribution < -0.4 is 4.90 Å². The fraction of sp³-hybridized carbons (Fsp3) is 0.250. The Morgan fingerprint density at radius 3 is 2.15 bits per heavy atom. The van der Waals surface area contributed by atoms with E-state index in [1.54, 1.807) is 24.3 Å². The van der Waals surface area contributed by atoms with Crippen molar-refractivity contribution in [1.82, 2.24) is 0 Å². The maximum absolute atomic E-state index is 12.0. The van der Waals surface area contributed by atoms with E-state index in [9.17, 15) is 9.59 Å². The predicted octanol–water partition coefficient (Wildman–Crippen LogP) is 4.28. The number of amides is 2. The van der Waals surface area contributed by atoms with Gasteiger partial charge in [-0.2, -0.15) is 4.90 Å². The van der Waals surface area contributed by atoms with Crippen molar-refractivity contribution in [2.75, 3.05) is 19.1 Å². The van der Waals surface area contributed by atoms with Crippen LogP contribution in [0.2, 0.25) is 0 Å². The van der Waals surface area contributed by atoms with Gasteiger partial charge in [-0.1, -0.05) is 53.2 Å². The first-order valence-corrected chi connectivity index (χ1v) is 8.25. The predicted molar refractivity (Wildman–Crippen MR) is 102 cm³/mol. The molecule has 0 aliphatic carbocycles. The summed E-state index contributed by atoms with van der Waals surface area (Å²) in [6.45, 7) is 3.91. The van der Waals surface area contributed by atoms with Crippen LogP contribution in [0.1, 0.15) is 23.6 Å². The molecule has 0 heterocycles. The number of para-hydroxylation sites is 1. The number of rotatable bonds is 5. The molecule has 7 nitrogen and oxygen atoms in total. The number of carbonyl (C=O) groups excluding carboxylic acids is 2. The van der Waals surface area contributed by atoms with Crippen LogP contribution in [0.5, 0.6) is 0 Å². The zero-order valence-electron chi connectivity index (χ0n) is 15.8. The molecule has 2 amide bonds. The van der Waals surface area contributed by atoms with Crippen LogP contribution in [0.4, 0.5) is 15.3 Å². The van der Waals surface area contributed by atoms with E-state index in [-0.39, 0.29) is 6.61 Å². The van der Waals surface area contributed by atoms with Gasteiger partial charge in [-0.15, -0.1) is 0 Å². The Labute approximate surface area is 158 Å². The van der Waals surface area contributed by atoms with Gasteiger partial charge >= 0.3 is 12.2 Å². The number of oxime groups is 1. The molecule has 0 aliphatic rings. The zero-order chi connectivity index (χ0) is 19.8. The van der Waals surface area contributed by atoms with Crippen molar-refractivity contribution in [3.63, 3.8) is 0 Å². The second-order valence-corrected chi connectivity index (χ2v) is 5.72. The van der Waals surface area contributed by atoms with Crippen LogP contribution in [0.3, 0.4) is 0 Å². The monoisotopic (exact) mass is 370 g/mol. The SMILES string of the molecule is COC(=O)N(C(=O)OC)c1ccccc1CON=C(C)c1ccc(C)cc1. The van der Waals surface area contributed by atoms with Crippen LogP contribution >= 0.6 is 0 Å². The molecule has 142 valence electrons. The number of methoxy groups -OCH3 is 2. The zero-order valence-corrected chi connectivity index (χ0v) is 15.8. The fourth-order valence-electron chi connectivity index (χ4n) is 2.35. The Bertz CT molecular complexity index is 815. The molecule has 0 radical (unpaired) electrons. The minimum Gasteiger partial charge on any atom is -0.452 e. The molecule has 0 N–H and O–H groups in total. The standard InChI is InChI=1S/C20H22N2O5/c1-14-9-11-16(12-10-14)15(2)21-27-13-17-7-5-6-8-18(17)22(19(23)25-3)20(24)26-4/h5-12H,13H2,1-4H3. The van der Waals surface area contributed by atoms with E-state index >= 15 is 0 Å². The van der Waals surface area contributed by atoms with Crippen molar-refractivity contribution >= 4 is 23.6 Å². The van der Waals surface area contributed by atoms with E-state index in [2.05, 4.69) is 14.6 Å². The van der Waals surface area contributed by atoms with Gasteiger partial charge in [0.05, 0.1) is 25.6 Å². The van der Waals surface area contributed by atoms with Gasteiger partial charge in [0.2, 0.25) is 0 Å². The highest BCUT2D eigenvalue weighted by molar-refractivity contribution is 6.09. The number of hydrogen-bond acceptors (Lipinski definition) is 6. The quantitative estimate of drug-likeness (QED) is 0.580. The Hall–Kier alpha value is -3.35. The highest BCUT2D eigenvalue weighted by Crippen LogP contribution is 2.23. The van der Waals surface area contributed by atoms with Crippen molar-refractivity contribution in [2.24, 2.45) is 5.16 Å². The third kappa shape index (κ3) is 5.07. The summed E-state index contributed by atoms with van der Waals surface area (Å²) in [7, 11) is 2.37. The maximum Gasteiger partial charge on any atom is 0.423 e. The summed E-state index contributed by atoms with van der Waals surface area (Å²) in [5, 5.41) is 4.12. The highest BCUT2D eigenvalue weighted by Gasteiger charge is 2.27. The summed E-state index contributed by atoms with van der Waals surface area (Å²) in [6.07, 6.45) is -1.71. The van der Waals surface area contributed by atoms with Crippen molar-refractivity contribution < 1.29 is 23.9 Å². The number of anilines is 1. The van der Waals surface area contributed by atoms with E-state index in [4.69, 9.17) is 4.84 Å². The first-order chi connectivity index (χ1) is 13.0. The third-order valence-electron chi connectivity index (χ3n) is 3.84. The molecule has 0 saturated carbocycles. The van der Waals surface area contributed by atoms with Gasteiger partial charge in [-0.05, 0) is 25.5 Å². The lowest BCUT2D eigenvalue weighted by Crippen LogP contribution is -2.37. The van der Waals surface area contributed by atoms with E-state index < -0.39 is 12.2 Å². The number of aryl methyl sites for hydroxylation is 1. The lowest BCUT2D eigenvalue weighted by Gasteiger charge is -2.20. The number of imide groups is 1. The van der Waals surface area contributed by atoms with Crippen LogP contribution in [-0.4, -0.2) is 32.1 Å². The molecule has 0 bridgehead atoms. The summed E-state index contributed by atoms with van der Waals surface area (Å²) in [4.78, 5) is 30.2. The van der Waals surface area contributed by atoms with Crippen molar-refractivity contribution in [1.29, 1.82) is 0 Å². The Morgan fingerprint density at radius 1 is 0.963 bits per heavy atom. The number of nitrogens with zero attached hydrogens (tertiary/aromatic N) is 2. The molecule has 2 rings (SSSR count). The van der Waals surface area contributed by atoms with Gasteiger partial charge in [-0.25, -0.2) is 9.59 Å². The molecule has 2 aromatic carbocycles. The minimum absolute atomic E-state index is 0.0594. The van der Waals surface area contributed by atoms with E-state index in [0.29, 0.717) is 17.0 Å². The van der Waals surface area contributed by atoms with Crippen LogP contribution in [0.15, 0.2) is 53.7 Å². The summed E-state index contributed by atoms with van der Waals surface area (Å²) < 4.78 is 9.35. The van der Waals surface area contributed by atoms with Gasteiger partial charge in [0.25, 0.3) is 0 Å². The molecular formula is C20H22N2O5. The Balaban J connectivity index is 2.20. The normalized spacial score (nSPS) is 10.9. The van der Waals surface area contributed by atoms with Crippen LogP contribution in [0, 0.1) is 6.92 Å². The lowest BCUT2D eigenvalue weighted by atomic mass is 10.1. The van der Waals surface area contributed by atoms with Crippen LogP contribution in [0.25, 0.3) is 0 Å². The van der Waals surface area contributed by atoms with Gasteiger partial charge in [-0.3, -0.25) is 0 Å². The molecule has 0 aliphatic heterocycles. The third-order valence-corrected chi connectivity index (χ3v) is 3.84. The number of carbonyl (C=O) groups is 2. The average molecular weight is 370 g/mol. The highest BCUT2D eigenvalue weighted by atomic mass is 16.6. The number of hydrogen-bond donors (Lipinski definition) is 0. The summed E-state index contributed by atoms with van der Waals surface area (Å²) in [5.74, 6) is 0. The summed E-state index contributed by atoms with van der Waals surface area (Å²) >= 11 is 0. The molecule has 0 spiro atoms. The van der Waals surface area contributed by atoms with Crippen molar-refractivity contribution in [3.8, 4) is 0 Å². The van der Waals surface area contributed by atoms with Crippen molar-refractivity contribution in [3.05, 3.63) is 65.2 Å². The van der Waals surface area contributed by atoms with Crippen molar-refractivity contribution in [2.45, 2.75) is 20.5 Å². The van der Waals surface area contributed by atoms with Gasteiger partial charge in [0.1, 0.15) is 6.61 Å². The lowest BCUT2D eigenvalue weighted by molar-refractivity contribution is 0.130. The number of benzene rings is 2. The minimum atomic E-state index is -0.853. The molecule has 0 fully saturated rings. The van der Waals surface area contributed by atoms with E-state index in [1.165, 1.54) is 14.2 Å². The molecule has 0 atom stereocenters. The summed E-state index contributed by atoms with van der Waals surface area (Å²) in [6, 6.07) is 14.7. The first-order valence-electron chi connectivity index (χ1n) is 8.25. The summed E-state index contributed by atoms with van der Waals surface area (Å²) in [5.41, 5.74) is 3.70. The molecular weight excluding hydrogens is 348 g/mol. The fourth-order valence-corrected chi connectivity index (χ4v) is 2.35. The Kier molecular flexibility index (Phi) is 6.93. The molecule has 0 aromatic heterocycles. The van der Waals surface area contributed by atoms with Gasteiger partial charge in [0.15, 0.2) is 0 Å². The van der Waals surface area contributed by atoms with E-state index in [0.717, 1.165) is 16.0 Å². The molecule has 0 saturated heterocycles. The second-order valence-electron chi connectivity index (χ2n) is 5.72. The smallest absolute Gasteiger partial charge is 0.423 e. The average Bonchev–Trinajstić information content (AvgIpc) is 2.69. The van der Waals surface area contributed by atoms with Gasteiger partial charge < -0.3 is 14.3 Å².